The van der Waals surface area contributed by atoms with Crippen molar-refractivity contribution < 1.29 is 19.3 Å². The smallest absolute Gasteiger partial charge is 0.147 e. The summed E-state index contributed by atoms with van der Waals surface area (Å²) in [6.45, 7) is 0. The van der Waals surface area contributed by atoms with Crippen LogP contribution in [0.4, 0.5) is 0 Å². The highest BCUT2D eigenvalue weighted by atomic mass is 16.5. The second kappa shape index (κ2) is 9.80. The lowest BCUT2D eigenvalue weighted by molar-refractivity contribution is 0.117. The number of ether oxygens (including phenoxy) is 3. The highest BCUT2D eigenvalue weighted by molar-refractivity contribution is 5.58. The molecule has 168 valence electrons. The van der Waals surface area contributed by atoms with E-state index < -0.39 is 5.60 Å². The Morgan fingerprint density at radius 1 is 0.576 bits per heavy atom. The van der Waals surface area contributed by atoms with Crippen molar-refractivity contribution in [3.63, 3.8) is 0 Å². The Bertz CT molecular complexity index is 1170. The molecule has 0 fully saturated rings. The van der Waals surface area contributed by atoms with Gasteiger partial charge in [0.15, 0.2) is 0 Å². The third kappa shape index (κ3) is 4.30. The molecule has 1 N–H and O–H groups in total. The lowest BCUT2D eigenvalue weighted by Crippen LogP contribution is -2.31. The molecule has 4 aromatic carbocycles. The van der Waals surface area contributed by atoms with Crippen LogP contribution in [-0.4, -0.2) is 26.4 Å². The fourth-order valence-corrected chi connectivity index (χ4v) is 4.31. The zero-order valence-electron chi connectivity index (χ0n) is 19.1. The van der Waals surface area contributed by atoms with E-state index in [0.29, 0.717) is 29.0 Å². The fourth-order valence-electron chi connectivity index (χ4n) is 4.31. The number of para-hydroxylation sites is 2. The molecule has 0 bridgehead atoms. The van der Waals surface area contributed by atoms with Gasteiger partial charge < -0.3 is 19.3 Å². The molecule has 0 amide bonds. The molecule has 4 heteroatoms. The summed E-state index contributed by atoms with van der Waals surface area (Å²) in [7, 11) is 4.89. The van der Waals surface area contributed by atoms with Crippen LogP contribution in [0.2, 0.25) is 0 Å². The van der Waals surface area contributed by atoms with E-state index in [9.17, 15) is 5.11 Å². The van der Waals surface area contributed by atoms with Gasteiger partial charge in [-0.25, -0.2) is 0 Å². The molecule has 0 unspecified atom stereocenters. The monoisotopic (exact) mass is 440 g/mol. The Labute approximate surface area is 195 Å². The van der Waals surface area contributed by atoms with Crippen molar-refractivity contribution in [2.24, 2.45) is 0 Å². The van der Waals surface area contributed by atoms with Crippen LogP contribution in [0.15, 0.2) is 97.1 Å². The molecule has 0 aliphatic rings. The first kappa shape index (κ1) is 22.4. The van der Waals surface area contributed by atoms with E-state index in [0.717, 1.165) is 22.4 Å². The van der Waals surface area contributed by atoms with Gasteiger partial charge in [-0.2, -0.15) is 0 Å². The lowest BCUT2D eigenvalue weighted by atomic mass is 9.76. The van der Waals surface area contributed by atoms with E-state index in [1.54, 1.807) is 21.3 Å². The molecule has 0 atom stereocenters. The van der Waals surface area contributed by atoms with Gasteiger partial charge in [-0.3, -0.25) is 0 Å². The van der Waals surface area contributed by atoms with Crippen LogP contribution in [0.5, 0.6) is 17.2 Å². The number of aliphatic hydroxyl groups is 1. The second-order valence-electron chi connectivity index (χ2n) is 7.79. The van der Waals surface area contributed by atoms with Crippen LogP contribution >= 0.6 is 0 Å². The second-order valence-corrected chi connectivity index (χ2v) is 7.79. The molecule has 0 radical (unpaired) electrons. The van der Waals surface area contributed by atoms with Gasteiger partial charge in [0.1, 0.15) is 22.8 Å². The predicted molar refractivity (Wildman–Crippen MR) is 130 cm³/mol. The third-order valence-corrected chi connectivity index (χ3v) is 5.95. The van der Waals surface area contributed by atoms with Gasteiger partial charge in [-0.05, 0) is 47.4 Å². The summed E-state index contributed by atoms with van der Waals surface area (Å²) < 4.78 is 16.7. The summed E-state index contributed by atoms with van der Waals surface area (Å²) in [6.07, 6.45) is 0.646. The Kier molecular flexibility index (Phi) is 6.66. The van der Waals surface area contributed by atoms with E-state index in [2.05, 4.69) is 6.07 Å². The standard InChI is InChI=1S/C29H28O4/c1-31-23-18-16-21(17-19-23)20-22-10-4-5-11-24(22)29(30,25-12-6-8-14-27(25)32-2)26-13-7-9-15-28(26)33-3/h4-19,30H,20H2,1-3H3. The minimum absolute atomic E-state index is 0.602. The van der Waals surface area contributed by atoms with Crippen molar-refractivity contribution in [1.82, 2.24) is 0 Å². The minimum atomic E-state index is -1.50. The summed E-state index contributed by atoms with van der Waals surface area (Å²) in [5, 5.41) is 12.6. The van der Waals surface area contributed by atoms with Gasteiger partial charge in [0, 0.05) is 11.1 Å². The number of methoxy groups -OCH3 is 3. The van der Waals surface area contributed by atoms with Crippen molar-refractivity contribution in [3.05, 3.63) is 125 Å². The summed E-state index contributed by atoms with van der Waals surface area (Å²) in [4.78, 5) is 0. The van der Waals surface area contributed by atoms with Crippen LogP contribution in [0, 0.1) is 0 Å². The van der Waals surface area contributed by atoms with Crippen molar-refractivity contribution >= 4 is 0 Å². The van der Waals surface area contributed by atoms with Crippen LogP contribution in [-0.2, 0) is 12.0 Å². The van der Waals surface area contributed by atoms with E-state index in [1.807, 2.05) is 91.0 Å². The van der Waals surface area contributed by atoms with Gasteiger partial charge in [0.2, 0.25) is 0 Å². The summed E-state index contributed by atoms with van der Waals surface area (Å²) in [6, 6.07) is 31.1. The molecular weight excluding hydrogens is 412 g/mol. The van der Waals surface area contributed by atoms with Gasteiger partial charge in [-0.15, -0.1) is 0 Å². The third-order valence-electron chi connectivity index (χ3n) is 5.95. The number of rotatable bonds is 8. The Hall–Kier alpha value is -3.76. The van der Waals surface area contributed by atoms with E-state index in [4.69, 9.17) is 14.2 Å². The van der Waals surface area contributed by atoms with Gasteiger partial charge in [0.05, 0.1) is 21.3 Å². The summed E-state index contributed by atoms with van der Waals surface area (Å²) in [5.74, 6) is 2.02. The molecule has 0 spiro atoms. The van der Waals surface area contributed by atoms with Crippen molar-refractivity contribution in [2.45, 2.75) is 12.0 Å². The maximum absolute atomic E-state index is 12.6. The first-order valence-electron chi connectivity index (χ1n) is 10.8. The van der Waals surface area contributed by atoms with Crippen LogP contribution in [0.25, 0.3) is 0 Å². The van der Waals surface area contributed by atoms with Crippen LogP contribution in [0.1, 0.15) is 27.8 Å². The summed E-state index contributed by atoms with van der Waals surface area (Å²) in [5.41, 5.74) is 2.70. The topological polar surface area (TPSA) is 47.9 Å². The Morgan fingerprint density at radius 2 is 1.06 bits per heavy atom. The lowest BCUT2D eigenvalue weighted by Gasteiger charge is -2.34. The van der Waals surface area contributed by atoms with Gasteiger partial charge in [0.25, 0.3) is 0 Å². The van der Waals surface area contributed by atoms with Gasteiger partial charge >= 0.3 is 0 Å². The zero-order valence-corrected chi connectivity index (χ0v) is 19.1. The van der Waals surface area contributed by atoms with Crippen LogP contribution in [0.3, 0.4) is 0 Å². The number of hydrogen-bond donors (Lipinski definition) is 1. The molecule has 0 aliphatic carbocycles. The molecule has 0 aliphatic heterocycles. The molecule has 33 heavy (non-hydrogen) atoms. The van der Waals surface area contributed by atoms with Crippen LogP contribution < -0.4 is 14.2 Å². The molecule has 4 aromatic rings. The number of hydrogen-bond acceptors (Lipinski definition) is 4. The van der Waals surface area contributed by atoms with Gasteiger partial charge in [-0.1, -0.05) is 72.8 Å². The van der Waals surface area contributed by atoms with E-state index >= 15 is 0 Å². The SMILES string of the molecule is COc1ccc(Cc2ccccc2C(O)(c2ccccc2OC)c2ccccc2OC)cc1. The quantitative estimate of drug-likeness (QED) is 0.363. The molecular formula is C29H28O4. The minimum Gasteiger partial charge on any atom is -0.497 e. The molecule has 4 rings (SSSR count). The van der Waals surface area contributed by atoms with Crippen molar-refractivity contribution in [1.29, 1.82) is 0 Å². The maximum Gasteiger partial charge on any atom is 0.147 e. The van der Waals surface area contributed by atoms with E-state index in [1.165, 1.54) is 0 Å². The zero-order chi connectivity index (χ0) is 23.3. The largest absolute Gasteiger partial charge is 0.497 e. The average molecular weight is 441 g/mol. The average Bonchev–Trinajstić information content (AvgIpc) is 2.89. The maximum atomic E-state index is 12.6. The fraction of sp³-hybridized carbons (Fsp3) is 0.172. The molecule has 4 nitrogen and oxygen atoms in total. The van der Waals surface area contributed by atoms with Crippen molar-refractivity contribution in [3.8, 4) is 17.2 Å². The Morgan fingerprint density at radius 3 is 1.58 bits per heavy atom. The molecule has 0 saturated heterocycles. The number of benzene rings is 4. The van der Waals surface area contributed by atoms with E-state index in [-0.39, 0.29) is 0 Å². The molecule has 0 heterocycles. The predicted octanol–water partition coefficient (Wildman–Crippen LogP) is 5.59. The summed E-state index contributed by atoms with van der Waals surface area (Å²) >= 11 is 0. The first-order valence-corrected chi connectivity index (χ1v) is 10.8. The highest BCUT2D eigenvalue weighted by Crippen LogP contribution is 2.45. The Balaban J connectivity index is 1.94. The highest BCUT2D eigenvalue weighted by Gasteiger charge is 2.40. The molecule has 0 aromatic heterocycles. The normalized spacial score (nSPS) is 11.2. The van der Waals surface area contributed by atoms with Crippen molar-refractivity contribution in [2.75, 3.05) is 21.3 Å². The molecule has 0 saturated carbocycles. The first-order chi connectivity index (χ1) is 16.1.